The van der Waals surface area contributed by atoms with E-state index >= 15 is 0 Å². The van der Waals surface area contributed by atoms with Crippen LogP contribution >= 0.6 is 15.9 Å². The summed E-state index contributed by atoms with van der Waals surface area (Å²) >= 11 is 3.24. The number of ether oxygens (including phenoxy) is 1. The van der Waals surface area contributed by atoms with Crippen LogP contribution in [-0.2, 0) is 11.3 Å². The van der Waals surface area contributed by atoms with Crippen LogP contribution in [0.5, 0.6) is 0 Å². The van der Waals surface area contributed by atoms with Gasteiger partial charge in [-0.05, 0) is 17.2 Å². The molecule has 0 bridgehead atoms. The van der Waals surface area contributed by atoms with Gasteiger partial charge in [0, 0.05) is 25.4 Å². The molecular weight excluding hydrogens is 299 g/mol. The van der Waals surface area contributed by atoms with Crippen molar-refractivity contribution in [3.63, 3.8) is 0 Å². The molecule has 1 rings (SSSR count). The zero-order valence-electron chi connectivity index (χ0n) is 10.9. The van der Waals surface area contributed by atoms with Gasteiger partial charge in [-0.3, -0.25) is 0 Å². The van der Waals surface area contributed by atoms with Gasteiger partial charge in [-0.1, -0.05) is 48.9 Å². The Morgan fingerprint density at radius 2 is 2.00 bits per heavy atom. The fourth-order valence-corrected chi connectivity index (χ4v) is 2.01. The molecule has 96 valence electrons. The standard InChI is InChI=1S/C13H20BrFOSi/c1-13(2,17(3)4)9-16-8-10-5-6-11(14)7-12(10)15/h5-7,17H,8-9H2,1-4H3. The summed E-state index contributed by atoms with van der Waals surface area (Å²) in [5.74, 6) is -0.209. The van der Waals surface area contributed by atoms with Gasteiger partial charge in [-0.25, -0.2) is 4.39 Å². The highest BCUT2D eigenvalue weighted by atomic mass is 79.9. The summed E-state index contributed by atoms with van der Waals surface area (Å²) in [6, 6.07) is 5.07. The average Bonchev–Trinajstić information content (AvgIpc) is 2.21. The third-order valence-electron chi connectivity index (χ3n) is 3.31. The molecule has 0 aromatic heterocycles. The molecule has 0 fully saturated rings. The predicted octanol–water partition coefficient (Wildman–Crippen LogP) is 4.37. The second kappa shape index (κ2) is 6.11. The van der Waals surface area contributed by atoms with E-state index < -0.39 is 8.80 Å². The predicted molar refractivity (Wildman–Crippen MR) is 76.7 cm³/mol. The van der Waals surface area contributed by atoms with Crippen molar-refractivity contribution in [2.24, 2.45) is 0 Å². The highest BCUT2D eigenvalue weighted by molar-refractivity contribution is 9.10. The monoisotopic (exact) mass is 318 g/mol. The molecule has 0 aliphatic rings. The summed E-state index contributed by atoms with van der Waals surface area (Å²) in [5.41, 5.74) is 0.620. The highest BCUT2D eigenvalue weighted by Gasteiger charge is 2.23. The molecule has 0 aliphatic heterocycles. The fourth-order valence-electron chi connectivity index (χ4n) is 1.23. The van der Waals surface area contributed by atoms with Crippen LogP contribution < -0.4 is 0 Å². The number of benzene rings is 1. The van der Waals surface area contributed by atoms with Crippen LogP contribution in [0.1, 0.15) is 19.4 Å². The van der Waals surface area contributed by atoms with Gasteiger partial charge in [0.2, 0.25) is 0 Å². The summed E-state index contributed by atoms with van der Waals surface area (Å²) < 4.78 is 19.9. The summed E-state index contributed by atoms with van der Waals surface area (Å²) in [6.07, 6.45) is 0. The Labute approximate surface area is 113 Å². The number of hydrogen-bond acceptors (Lipinski definition) is 1. The van der Waals surface area contributed by atoms with Crippen molar-refractivity contribution in [3.05, 3.63) is 34.1 Å². The van der Waals surface area contributed by atoms with Crippen LogP contribution in [0.2, 0.25) is 18.1 Å². The van der Waals surface area contributed by atoms with Crippen molar-refractivity contribution in [3.8, 4) is 0 Å². The smallest absolute Gasteiger partial charge is 0.129 e. The Balaban J connectivity index is 2.51. The third-order valence-corrected chi connectivity index (χ3v) is 7.10. The lowest BCUT2D eigenvalue weighted by Crippen LogP contribution is -2.26. The number of hydrogen-bond donors (Lipinski definition) is 0. The SMILES string of the molecule is C[SiH](C)C(C)(C)COCc1ccc(Br)cc1F. The Morgan fingerprint density at radius 3 is 2.53 bits per heavy atom. The first-order chi connectivity index (χ1) is 7.83. The lowest BCUT2D eigenvalue weighted by atomic mass is 10.2. The second-order valence-electron chi connectivity index (χ2n) is 5.37. The van der Waals surface area contributed by atoms with E-state index in [1.807, 2.05) is 6.07 Å². The minimum Gasteiger partial charge on any atom is -0.376 e. The molecule has 0 radical (unpaired) electrons. The van der Waals surface area contributed by atoms with Crippen molar-refractivity contribution >= 4 is 24.7 Å². The van der Waals surface area contributed by atoms with Crippen LogP contribution in [0.15, 0.2) is 22.7 Å². The van der Waals surface area contributed by atoms with Crippen molar-refractivity contribution < 1.29 is 9.13 Å². The van der Waals surface area contributed by atoms with Crippen LogP contribution in [0.4, 0.5) is 4.39 Å². The minimum atomic E-state index is -0.752. The van der Waals surface area contributed by atoms with E-state index in [-0.39, 0.29) is 10.9 Å². The zero-order chi connectivity index (χ0) is 13.1. The van der Waals surface area contributed by atoms with E-state index in [1.165, 1.54) is 6.07 Å². The topological polar surface area (TPSA) is 9.23 Å². The van der Waals surface area contributed by atoms with Gasteiger partial charge in [0.1, 0.15) is 5.82 Å². The number of halogens is 2. The summed E-state index contributed by atoms with van der Waals surface area (Å²) in [5, 5.41) is 0.256. The maximum absolute atomic E-state index is 13.5. The molecule has 0 spiro atoms. The van der Waals surface area contributed by atoms with E-state index in [4.69, 9.17) is 4.74 Å². The van der Waals surface area contributed by atoms with E-state index in [9.17, 15) is 4.39 Å². The Hall–Kier alpha value is -0.193. The Morgan fingerprint density at radius 1 is 1.35 bits per heavy atom. The Kier molecular flexibility index (Phi) is 5.35. The highest BCUT2D eigenvalue weighted by Crippen LogP contribution is 2.28. The quantitative estimate of drug-likeness (QED) is 0.732. The fraction of sp³-hybridized carbons (Fsp3) is 0.538. The Bertz CT molecular complexity index is 380. The second-order valence-corrected chi connectivity index (χ2v) is 10.2. The van der Waals surface area contributed by atoms with Gasteiger partial charge < -0.3 is 4.74 Å². The zero-order valence-corrected chi connectivity index (χ0v) is 13.6. The van der Waals surface area contributed by atoms with Crippen LogP contribution in [0.3, 0.4) is 0 Å². The third kappa shape index (κ3) is 4.52. The molecule has 0 amide bonds. The first-order valence-corrected chi connectivity index (χ1v) is 9.52. The first kappa shape index (κ1) is 14.9. The summed E-state index contributed by atoms with van der Waals surface area (Å²) in [4.78, 5) is 0. The molecule has 4 heteroatoms. The molecule has 17 heavy (non-hydrogen) atoms. The maximum Gasteiger partial charge on any atom is 0.129 e. The van der Waals surface area contributed by atoms with E-state index in [0.29, 0.717) is 18.8 Å². The molecule has 0 saturated carbocycles. The van der Waals surface area contributed by atoms with Gasteiger partial charge in [-0.15, -0.1) is 0 Å². The van der Waals surface area contributed by atoms with Crippen LogP contribution in [0.25, 0.3) is 0 Å². The van der Waals surface area contributed by atoms with Crippen molar-refractivity contribution in [2.45, 2.75) is 38.6 Å². The molecule has 1 nitrogen and oxygen atoms in total. The van der Waals surface area contributed by atoms with E-state index in [2.05, 4.69) is 42.9 Å². The van der Waals surface area contributed by atoms with Crippen molar-refractivity contribution in [1.29, 1.82) is 0 Å². The molecule has 0 atom stereocenters. The van der Waals surface area contributed by atoms with Gasteiger partial charge in [0.05, 0.1) is 6.61 Å². The largest absolute Gasteiger partial charge is 0.376 e. The summed E-state index contributed by atoms with van der Waals surface area (Å²) in [7, 11) is -0.752. The lowest BCUT2D eigenvalue weighted by Gasteiger charge is -2.27. The molecule has 0 N–H and O–H groups in total. The van der Waals surface area contributed by atoms with Crippen LogP contribution in [0, 0.1) is 5.82 Å². The van der Waals surface area contributed by atoms with Gasteiger partial charge in [0.25, 0.3) is 0 Å². The van der Waals surface area contributed by atoms with Gasteiger partial charge in [0.15, 0.2) is 0 Å². The lowest BCUT2D eigenvalue weighted by molar-refractivity contribution is 0.0985. The van der Waals surface area contributed by atoms with Gasteiger partial charge >= 0.3 is 0 Å². The maximum atomic E-state index is 13.5. The van der Waals surface area contributed by atoms with Crippen molar-refractivity contribution in [2.75, 3.05) is 6.61 Å². The van der Waals surface area contributed by atoms with E-state index in [0.717, 1.165) is 4.47 Å². The number of rotatable bonds is 5. The molecule has 0 heterocycles. The summed E-state index contributed by atoms with van der Waals surface area (Å²) in [6.45, 7) is 10.1. The first-order valence-electron chi connectivity index (χ1n) is 5.84. The molecule has 0 aliphatic carbocycles. The molecular formula is C13H20BrFOSi. The minimum absolute atomic E-state index is 0.209. The van der Waals surface area contributed by atoms with Crippen molar-refractivity contribution in [1.82, 2.24) is 0 Å². The van der Waals surface area contributed by atoms with E-state index in [1.54, 1.807) is 6.07 Å². The molecule has 1 aromatic rings. The molecule has 0 saturated heterocycles. The van der Waals surface area contributed by atoms with Crippen LogP contribution in [-0.4, -0.2) is 15.4 Å². The normalized spacial score (nSPS) is 12.2. The van der Waals surface area contributed by atoms with Gasteiger partial charge in [-0.2, -0.15) is 0 Å². The molecule has 0 unspecified atom stereocenters. The molecule has 1 aromatic carbocycles. The average molecular weight is 319 g/mol.